The summed E-state index contributed by atoms with van der Waals surface area (Å²) < 4.78 is 2.18. The van der Waals surface area contributed by atoms with Crippen LogP contribution in [-0.2, 0) is 11.3 Å². The molecule has 0 bridgehead atoms. The molecule has 1 aromatic heterocycles. The van der Waals surface area contributed by atoms with Gasteiger partial charge in [-0.05, 0) is 34.5 Å². The first-order valence-corrected chi connectivity index (χ1v) is 7.45. The molecule has 2 aromatic rings. The van der Waals surface area contributed by atoms with E-state index in [9.17, 15) is 9.59 Å². The molecule has 1 heterocycles. The third-order valence-electron chi connectivity index (χ3n) is 3.51. The molecule has 0 aliphatic carbocycles. The summed E-state index contributed by atoms with van der Waals surface area (Å²) in [5, 5.41) is 0. The number of rotatable bonds is 4. The molecule has 0 aliphatic heterocycles. The SMILES string of the molecule is CC(c1ccccc1)N(C)C(=O)Cn1cc(Br)ccc1=O. The Hall–Kier alpha value is -1.88. The van der Waals surface area contributed by atoms with Gasteiger partial charge < -0.3 is 9.47 Å². The number of likely N-dealkylation sites (N-methyl/N-ethyl adjacent to an activating group) is 1. The molecule has 110 valence electrons. The van der Waals surface area contributed by atoms with Gasteiger partial charge in [0.1, 0.15) is 6.54 Å². The van der Waals surface area contributed by atoms with Crippen molar-refractivity contribution in [3.63, 3.8) is 0 Å². The highest BCUT2D eigenvalue weighted by atomic mass is 79.9. The number of amides is 1. The van der Waals surface area contributed by atoms with Crippen molar-refractivity contribution in [2.75, 3.05) is 7.05 Å². The van der Waals surface area contributed by atoms with E-state index in [4.69, 9.17) is 0 Å². The third-order valence-corrected chi connectivity index (χ3v) is 3.98. The first kappa shape index (κ1) is 15.5. The second-order valence-corrected chi connectivity index (χ2v) is 5.82. The molecule has 5 heteroatoms. The Labute approximate surface area is 132 Å². The third kappa shape index (κ3) is 3.82. The van der Waals surface area contributed by atoms with Crippen molar-refractivity contribution >= 4 is 21.8 Å². The predicted molar refractivity (Wildman–Crippen MR) is 86.0 cm³/mol. The fourth-order valence-electron chi connectivity index (χ4n) is 2.05. The van der Waals surface area contributed by atoms with Gasteiger partial charge in [0.15, 0.2) is 0 Å². The van der Waals surface area contributed by atoms with Crippen LogP contribution in [0.15, 0.2) is 57.9 Å². The number of benzene rings is 1. The summed E-state index contributed by atoms with van der Waals surface area (Å²) in [6, 6.07) is 12.9. The maximum Gasteiger partial charge on any atom is 0.251 e. The summed E-state index contributed by atoms with van der Waals surface area (Å²) in [5.41, 5.74) is 0.877. The van der Waals surface area contributed by atoms with Crippen LogP contribution in [0, 0.1) is 0 Å². The first-order valence-electron chi connectivity index (χ1n) is 6.65. The fourth-order valence-corrected chi connectivity index (χ4v) is 2.43. The maximum absolute atomic E-state index is 12.3. The van der Waals surface area contributed by atoms with Gasteiger partial charge in [0.05, 0.1) is 6.04 Å². The number of hydrogen-bond donors (Lipinski definition) is 0. The van der Waals surface area contributed by atoms with Crippen molar-refractivity contribution < 1.29 is 4.79 Å². The van der Waals surface area contributed by atoms with Crippen LogP contribution in [0.3, 0.4) is 0 Å². The summed E-state index contributed by atoms with van der Waals surface area (Å²) in [4.78, 5) is 25.7. The van der Waals surface area contributed by atoms with E-state index in [-0.39, 0.29) is 24.1 Å². The van der Waals surface area contributed by atoms with E-state index in [2.05, 4.69) is 15.9 Å². The lowest BCUT2D eigenvalue weighted by Crippen LogP contribution is -2.35. The number of carbonyl (C=O) groups is 1. The largest absolute Gasteiger partial charge is 0.337 e. The monoisotopic (exact) mass is 348 g/mol. The maximum atomic E-state index is 12.3. The number of nitrogens with zero attached hydrogens (tertiary/aromatic N) is 2. The standard InChI is InChI=1S/C16H17BrN2O2/c1-12(13-6-4-3-5-7-13)18(2)16(21)11-19-10-14(17)8-9-15(19)20/h3-10,12H,11H2,1-2H3. The van der Waals surface area contributed by atoms with Gasteiger partial charge in [-0.3, -0.25) is 9.59 Å². The van der Waals surface area contributed by atoms with E-state index in [1.165, 1.54) is 10.6 Å². The van der Waals surface area contributed by atoms with Crippen molar-refractivity contribution in [3.8, 4) is 0 Å². The van der Waals surface area contributed by atoms with E-state index < -0.39 is 0 Å². The van der Waals surface area contributed by atoms with E-state index in [1.54, 1.807) is 24.2 Å². The Bertz CT molecular complexity index is 682. The quantitative estimate of drug-likeness (QED) is 0.852. The van der Waals surface area contributed by atoms with Crippen LogP contribution in [0.5, 0.6) is 0 Å². The summed E-state index contributed by atoms with van der Waals surface area (Å²) in [7, 11) is 1.75. The molecule has 0 spiro atoms. The van der Waals surface area contributed by atoms with Crippen LogP contribution in [0.1, 0.15) is 18.5 Å². The van der Waals surface area contributed by atoms with E-state index in [1.807, 2.05) is 37.3 Å². The minimum Gasteiger partial charge on any atom is -0.337 e. The lowest BCUT2D eigenvalue weighted by atomic mass is 10.1. The second kappa shape index (κ2) is 6.72. The van der Waals surface area contributed by atoms with Gasteiger partial charge >= 0.3 is 0 Å². The molecular formula is C16H17BrN2O2. The molecule has 2 rings (SSSR count). The molecule has 21 heavy (non-hydrogen) atoms. The molecule has 0 fully saturated rings. The minimum absolute atomic E-state index is 0.0337. The van der Waals surface area contributed by atoms with Gasteiger partial charge in [0.25, 0.3) is 5.56 Å². The molecule has 0 aliphatic rings. The number of halogens is 1. The molecule has 4 nitrogen and oxygen atoms in total. The molecule has 1 amide bonds. The van der Waals surface area contributed by atoms with Gasteiger partial charge in [-0.15, -0.1) is 0 Å². The Morgan fingerprint density at radius 2 is 1.90 bits per heavy atom. The van der Waals surface area contributed by atoms with Crippen molar-refractivity contribution in [1.82, 2.24) is 9.47 Å². The van der Waals surface area contributed by atoms with Crippen molar-refractivity contribution in [1.29, 1.82) is 0 Å². The average molecular weight is 349 g/mol. The highest BCUT2D eigenvalue weighted by molar-refractivity contribution is 9.10. The highest BCUT2D eigenvalue weighted by Gasteiger charge is 2.17. The van der Waals surface area contributed by atoms with E-state index >= 15 is 0 Å². The van der Waals surface area contributed by atoms with Crippen LogP contribution >= 0.6 is 15.9 Å². The molecular weight excluding hydrogens is 332 g/mol. The van der Waals surface area contributed by atoms with Gasteiger partial charge in [0, 0.05) is 23.8 Å². The van der Waals surface area contributed by atoms with Gasteiger partial charge in [-0.1, -0.05) is 30.3 Å². The van der Waals surface area contributed by atoms with Crippen LogP contribution in [0.25, 0.3) is 0 Å². The van der Waals surface area contributed by atoms with Crippen molar-refractivity contribution in [3.05, 3.63) is 69.1 Å². The number of pyridine rings is 1. The zero-order valence-electron chi connectivity index (χ0n) is 12.0. The zero-order chi connectivity index (χ0) is 15.4. The number of hydrogen-bond acceptors (Lipinski definition) is 2. The number of aromatic nitrogens is 1. The Balaban J connectivity index is 2.13. The highest BCUT2D eigenvalue weighted by Crippen LogP contribution is 2.18. The van der Waals surface area contributed by atoms with Gasteiger partial charge in [-0.25, -0.2) is 0 Å². The van der Waals surface area contributed by atoms with E-state index in [0.717, 1.165) is 10.0 Å². The number of carbonyl (C=O) groups excluding carboxylic acids is 1. The first-order chi connectivity index (χ1) is 9.99. The van der Waals surface area contributed by atoms with Gasteiger partial charge in [0.2, 0.25) is 5.91 Å². The smallest absolute Gasteiger partial charge is 0.251 e. The minimum atomic E-state index is -0.188. The molecule has 1 unspecified atom stereocenters. The Kier molecular flexibility index (Phi) is 4.96. The molecule has 1 aromatic carbocycles. The average Bonchev–Trinajstić information content (AvgIpc) is 2.50. The predicted octanol–water partition coefficient (Wildman–Crippen LogP) is 2.83. The van der Waals surface area contributed by atoms with Crippen LogP contribution in [-0.4, -0.2) is 22.4 Å². The summed E-state index contributed by atoms with van der Waals surface area (Å²) in [6.07, 6.45) is 1.63. The zero-order valence-corrected chi connectivity index (χ0v) is 13.6. The van der Waals surface area contributed by atoms with Crippen LogP contribution in [0.2, 0.25) is 0 Å². The molecule has 0 saturated heterocycles. The van der Waals surface area contributed by atoms with Crippen molar-refractivity contribution in [2.24, 2.45) is 0 Å². The lowest BCUT2D eigenvalue weighted by molar-refractivity contribution is -0.132. The van der Waals surface area contributed by atoms with Crippen molar-refractivity contribution in [2.45, 2.75) is 19.5 Å². The summed E-state index contributed by atoms with van der Waals surface area (Å²) in [5.74, 6) is -0.105. The summed E-state index contributed by atoms with van der Waals surface area (Å²) in [6.45, 7) is 2.00. The lowest BCUT2D eigenvalue weighted by Gasteiger charge is -2.25. The second-order valence-electron chi connectivity index (χ2n) is 4.90. The van der Waals surface area contributed by atoms with Crippen LogP contribution in [0.4, 0.5) is 0 Å². The Morgan fingerprint density at radius 3 is 2.57 bits per heavy atom. The molecule has 0 saturated carbocycles. The van der Waals surface area contributed by atoms with Crippen LogP contribution < -0.4 is 5.56 Å². The fraction of sp³-hybridized carbons (Fsp3) is 0.250. The molecule has 0 N–H and O–H groups in total. The normalized spacial score (nSPS) is 12.0. The Morgan fingerprint density at radius 1 is 1.24 bits per heavy atom. The van der Waals surface area contributed by atoms with Gasteiger partial charge in [-0.2, -0.15) is 0 Å². The van der Waals surface area contributed by atoms with E-state index in [0.29, 0.717) is 0 Å². The topological polar surface area (TPSA) is 42.3 Å². The summed E-state index contributed by atoms with van der Waals surface area (Å²) >= 11 is 3.30. The molecule has 0 radical (unpaired) electrons. The molecule has 1 atom stereocenters.